The highest BCUT2D eigenvalue weighted by atomic mass is 32.2. The van der Waals surface area contributed by atoms with Crippen LogP contribution in [0, 0.1) is 19.8 Å². The lowest BCUT2D eigenvalue weighted by Gasteiger charge is -2.12. The van der Waals surface area contributed by atoms with Gasteiger partial charge in [0, 0.05) is 18.3 Å². The highest BCUT2D eigenvalue weighted by Gasteiger charge is 2.16. The van der Waals surface area contributed by atoms with Crippen LogP contribution in [0.4, 0.5) is 0 Å². The van der Waals surface area contributed by atoms with Crippen LogP contribution in [0.3, 0.4) is 0 Å². The van der Waals surface area contributed by atoms with E-state index in [1.165, 1.54) is 30.0 Å². The third-order valence-corrected chi connectivity index (χ3v) is 4.56. The maximum absolute atomic E-state index is 12.3. The lowest BCUT2D eigenvalue weighted by molar-refractivity contribution is 0.102. The number of Topliss-reactive ketones (excluding diaryl/α,β-unsaturated/α-hetero) is 1. The van der Waals surface area contributed by atoms with Crippen molar-refractivity contribution in [2.45, 2.75) is 39.4 Å². The van der Waals surface area contributed by atoms with Crippen LogP contribution in [-0.2, 0) is 6.54 Å². The number of thioether (sulfide) groups is 1. The molecule has 2 N–H and O–H groups in total. The van der Waals surface area contributed by atoms with Gasteiger partial charge in [-0.15, -0.1) is 0 Å². The lowest BCUT2D eigenvalue weighted by Crippen LogP contribution is -2.09. The number of hydrogen-bond donors (Lipinski definition) is 2. The number of carbonyl (C=O) groups excluding carboxylic acids is 1. The lowest BCUT2D eigenvalue weighted by atomic mass is 10.1. The van der Waals surface area contributed by atoms with Gasteiger partial charge in [-0.3, -0.25) is 4.79 Å². The molecule has 0 bridgehead atoms. The quantitative estimate of drug-likeness (QED) is 0.624. The third kappa shape index (κ3) is 4.07. The monoisotopic (exact) mass is 334 g/mol. The van der Waals surface area contributed by atoms with Gasteiger partial charge in [-0.1, -0.05) is 25.6 Å². The van der Waals surface area contributed by atoms with E-state index >= 15 is 0 Å². The van der Waals surface area contributed by atoms with Crippen LogP contribution in [0.1, 0.15) is 35.6 Å². The Labute approximate surface area is 140 Å². The number of imidazole rings is 1. The van der Waals surface area contributed by atoms with Crippen LogP contribution in [0.5, 0.6) is 11.5 Å². The van der Waals surface area contributed by atoms with Crippen molar-refractivity contribution in [3.8, 4) is 11.5 Å². The predicted molar refractivity (Wildman–Crippen MR) is 91.4 cm³/mol. The SMILES string of the molecule is Cc1nc(SCC(=O)c2ccc(O)cc2O)n(CC(C)C)c1C. The normalized spacial score (nSPS) is 11.2. The van der Waals surface area contributed by atoms with E-state index in [-0.39, 0.29) is 28.6 Å². The molecule has 0 amide bonds. The number of benzene rings is 1. The fourth-order valence-electron chi connectivity index (χ4n) is 2.28. The third-order valence-electron chi connectivity index (χ3n) is 3.58. The van der Waals surface area contributed by atoms with Crippen LogP contribution in [-0.4, -0.2) is 31.3 Å². The fraction of sp³-hybridized carbons (Fsp3) is 0.412. The number of aryl methyl sites for hydroxylation is 1. The summed E-state index contributed by atoms with van der Waals surface area (Å²) in [6, 6.07) is 4.00. The van der Waals surface area contributed by atoms with E-state index in [0.717, 1.165) is 23.1 Å². The molecule has 2 aromatic rings. The van der Waals surface area contributed by atoms with Gasteiger partial charge in [0.25, 0.3) is 0 Å². The Morgan fingerprint density at radius 1 is 1.30 bits per heavy atom. The van der Waals surface area contributed by atoms with Crippen molar-refractivity contribution in [1.82, 2.24) is 9.55 Å². The first-order valence-corrected chi connectivity index (χ1v) is 8.49. The molecular formula is C17H22N2O3S. The standard InChI is InChI=1S/C17H22N2O3S/c1-10(2)8-19-12(4)11(3)18-17(19)23-9-16(22)14-6-5-13(20)7-15(14)21/h5-7,10,20-21H,8-9H2,1-4H3. The van der Waals surface area contributed by atoms with Gasteiger partial charge in [0.2, 0.25) is 0 Å². The van der Waals surface area contributed by atoms with Gasteiger partial charge in [-0.25, -0.2) is 4.98 Å². The van der Waals surface area contributed by atoms with Crippen molar-refractivity contribution in [1.29, 1.82) is 0 Å². The molecule has 124 valence electrons. The average molecular weight is 334 g/mol. The molecule has 0 fully saturated rings. The summed E-state index contributed by atoms with van der Waals surface area (Å²) in [6.07, 6.45) is 0. The second-order valence-electron chi connectivity index (χ2n) is 5.98. The van der Waals surface area contributed by atoms with E-state index in [0.29, 0.717) is 5.92 Å². The predicted octanol–water partition coefficient (Wildman–Crippen LogP) is 3.54. The highest BCUT2D eigenvalue weighted by molar-refractivity contribution is 7.99. The van der Waals surface area contributed by atoms with E-state index in [2.05, 4.69) is 23.4 Å². The summed E-state index contributed by atoms with van der Waals surface area (Å²) < 4.78 is 2.13. The van der Waals surface area contributed by atoms with Crippen molar-refractivity contribution < 1.29 is 15.0 Å². The number of aromatic hydroxyl groups is 2. The van der Waals surface area contributed by atoms with Crippen LogP contribution < -0.4 is 0 Å². The van der Waals surface area contributed by atoms with Crippen LogP contribution in [0.15, 0.2) is 23.4 Å². The average Bonchev–Trinajstić information content (AvgIpc) is 2.72. The number of carbonyl (C=O) groups is 1. The molecule has 0 aliphatic rings. The van der Waals surface area contributed by atoms with Gasteiger partial charge in [-0.05, 0) is 31.9 Å². The number of aromatic nitrogens is 2. The molecule has 1 aromatic heterocycles. The zero-order valence-corrected chi connectivity index (χ0v) is 14.6. The Morgan fingerprint density at radius 3 is 2.61 bits per heavy atom. The Kier molecular flexibility index (Phi) is 5.36. The first-order valence-electron chi connectivity index (χ1n) is 7.51. The van der Waals surface area contributed by atoms with Crippen LogP contribution in [0.25, 0.3) is 0 Å². The molecule has 1 heterocycles. The Balaban J connectivity index is 2.14. The maximum atomic E-state index is 12.3. The van der Waals surface area contributed by atoms with E-state index in [9.17, 15) is 15.0 Å². The molecule has 0 aliphatic heterocycles. The zero-order valence-electron chi connectivity index (χ0n) is 13.8. The molecule has 0 atom stereocenters. The van der Waals surface area contributed by atoms with Gasteiger partial charge in [-0.2, -0.15) is 0 Å². The second-order valence-corrected chi connectivity index (χ2v) is 6.93. The first-order chi connectivity index (χ1) is 10.8. The number of rotatable bonds is 6. The molecule has 6 heteroatoms. The largest absolute Gasteiger partial charge is 0.508 e. The van der Waals surface area contributed by atoms with Gasteiger partial charge in [0.05, 0.1) is 17.0 Å². The van der Waals surface area contributed by atoms with Crippen molar-refractivity contribution in [3.05, 3.63) is 35.2 Å². The minimum atomic E-state index is -0.200. The van der Waals surface area contributed by atoms with Crippen molar-refractivity contribution in [3.63, 3.8) is 0 Å². The summed E-state index contributed by atoms with van der Waals surface area (Å²) >= 11 is 1.37. The number of hydrogen-bond acceptors (Lipinski definition) is 5. The van der Waals surface area contributed by atoms with Crippen molar-refractivity contribution in [2.24, 2.45) is 5.92 Å². The van der Waals surface area contributed by atoms with Gasteiger partial charge in [0.1, 0.15) is 11.5 Å². The number of phenols is 2. The minimum absolute atomic E-state index is 0.0644. The zero-order chi connectivity index (χ0) is 17.1. The maximum Gasteiger partial charge on any atom is 0.176 e. The summed E-state index contributed by atoms with van der Waals surface area (Å²) in [5.41, 5.74) is 2.29. The topological polar surface area (TPSA) is 75.3 Å². The Morgan fingerprint density at radius 2 is 2.00 bits per heavy atom. The fourth-order valence-corrected chi connectivity index (χ4v) is 3.26. The molecule has 23 heavy (non-hydrogen) atoms. The summed E-state index contributed by atoms with van der Waals surface area (Å²) in [5.74, 6) is 0.214. The molecule has 5 nitrogen and oxygen atoms in total. The van der Waals surface area contributed by atoms with E-state index in [4.69, 9.17) is 0 Å². The van der Waals surface area contributed by atoms with Crippen LogP contribution in [0.2, 0.25) is 0 Å². The first kappa shape index (κ1) is 17.4. The molecule has 0 saturated heterocycles. The Hall–Kier alpha value is -1.95. The second kappa shape index (κ2) is 7.08. The minimum Gasteiger partial charge on any atom is -0.508 e. The summed E-state index contributed by atoms with van der Waals surface area (Å²) in [7, 11) is 0. The van der Waals surface area contributed by atoms with Gasteiger partial charge >= 0.3 is 0 Å². The molecule has 2 rings (SSSR count). The molecule has 1 aromatic carbocycles. The van der Waals surface area contributed by atoms with Crippen molar-refractivity contribution >= 4 is 17.5 Å². The van der Waals surface area contributed by atoms with Crippen molar-refractivity contribution in [2.75, 3.05) is 5.75 Å². The summed E-state index contributed by atoms with van der Waals surface area (Å²) in [5, 5.41) is 19.9. The number of phenolic OH excluding ortho intramolecular Hbond substituents is 2. The highest BCUT2D eigenvalue weighted by Crippen LogP contribution is 2.27. The van der Waals surface area contributed by atoms with Gasteiger partial charge in [0.15, 0.2) is 10.9 Å². The molecule has 0 saturated carbocycles. The summed E-state index contributed by atoms with van der Waals surface area (Å²) in [6.45, 7) is 9.13. The molecular weight excluding hydrogens is 312 g/mol. The van der Waals surface area contributed by atoms with E-state index in [1.54, 1.807) is 0 Å². The number of ketones is 1. The Bertz CT molecular complexity index is 723. The molecule has 0 unspecified atom stereocenters. The molecule has 0 spiro atoms. The van der Waals surface area contributed by atoms with E-state index < -0.39 is 0 Å². The molecule has 0 aliphatic carbocycles. The summed E-state index contributed by atoms with van der Waals surface area (Å²) in [4.78, 5) is 16.8. The molecule has 0 radical (unpaired) electrons. The number of nitrogens with zero attached hydrogens (tertiary/aromatic N) is 2. The van der Waals surface area contributed by atoms with E-state index in [1.807, 2.05) is 13.8 Å². The van der Waals surface area contributed by atoms with Crippen LogP contribution >= 0.6 is 11.8 Å². The van der Waals surface area contributed by atoms with Gasteiger partial charge < -0.3 is 14.8 Å². The smallest absolute Gasteiger partial charge is 0.176 e.